The number of rotatable bonds is 0. The number of aromatic nitrogens is 1. The van der Waals surface area contributed by atoms with Gasteiger partial charge >= 0.3 is 0 Å². The maximum atomic E-state index is 4.27. The molecule has 0 aliphatic heterocycles. The topological polar surface area (TPSA) is 15.8 Å². The van der Waals surface area contributed by atoms with E-state index in [1.165, 1.54) is 27.7 Å². The van der Waals surface area contributed by atoms with Gasteiger partial charge in [0.15, 0.2) is 0 Å². The van der Waals surface area contributed by atoms with E-state index in [0.29, 0.717) is 5.92 Å². The highest BCUT2D eigenvalue weighted by Crippen LogP contribution is 2.51. The zero-order valence-corrected chi connectivity index (χ0v) is 12.0. The number of H-pyrrole nitrogens is 1. The monoisotopic (exact) mass is 289 g/mol. The van der Waals surface area contributed by atoms with Gasteiger partial charge in [0.25, 0.3) is 0 Å². The Hall–Kier alpha value is -1.02. The zero-order valence-electron chi connectivity index (χ0n) is 10.4. The second kappa shape index (κ2) is 3.26. The standard InChI is InChI=1S/C15H16BrN/c1-8-9(2)15(3,4)13-11-7-10(16)5-6-12(11)17-14(8)13/h5-8,17H,2H2,1,3-4H3. The van der Waals surface area contributed by atoms with Gasteiger partial charge in [0.2, 0.25) is 0 Å². The van der Waals surface area contributed by atoms with Crippen molar-refractivity contribution in [2.24, 2.45) is 0 Å². The lowest BCUT2D eigenvalue weighted by atomic mass is 9.81. The first-order chi connectivity index (χ1) is 7.93. The fourth-order valence-corrected chi connectivity index (χ4v) is 3.42. The summed E-state index contributed by atoms with van der Waals surface area (Å²) in [5.74, 6) is 0.422. The normalized spacial score (nSPS) is 22.1. The van der Waals surface area contributed by atoms with E-state index in [1.807, 2.05) is 0 Å². The number of hydrogen-bond acceptors (Lipinski definition) is 0. The number of aromatic amines is 1. The van der Waals surface area contributed by atoms with E-state index >= 15 is 0 Å². The number of halogens is 1. The quantitative estimate of drug-likeness (QED) is 0.665. The number of allylic oxidation sites excluding steroid dienone is 1. The molecule has 0 amide bonds. The molecular weight excluding hydrogens is 274 g/mol. The fraction of sp³-hybridized carbons (Fsp3) is 0.333. The van der Waals surface area contributed by atoms with Crippen LogP contribution in [0.1, 0.15) is 37.9 Å². The molecule has 0 fully saturated rings. The van der Waals surface area contributed by atoms with Crippen molar-refractivity contribution in [3.05, 3.63) is 46.1 Å². The summed E-state index contributed by atoms with van der Waals surface area (Å²) in [5, 5.41) is 1.32. The maximum absolute atomic E-state index is 4.27. The van der Waals surface area contributed by atoms with E-state index in [0.717, 1.165) is 4.47 Å². The lowest BCUT2D eigenvalue weighted by Gasteiger charge is -2.22. The van der Waals surface area contributed by atoms with E-state index < -0.39 is 0 Å². The summed E-state index contributed by atoms with van der Waals surface area (Å²) in [6.07, 6.45) is 0. The van der Waals surface area contributed by atoms with E-state index in [1.54, 1.807) is 0 Å². The van der Waals surface area contributed by atoms with Gasteiger partial charge in [0.05, 0.1) is 0 Å². The molecule has 0 saturated carbocycles. The molecule has 1 nitrogen and oxygen atoms in total. The molecule has 2 aromatic rings. The number of hydrogen-bond donors (Lipinski definition) is 1. The van der Waals surface area contributed by atoms with Crippen LogP contribution in [0.15, 0.2) is 34.8 Å². The second-order valence-corrected chi connectivity index (χ2v) is 6.39. The molecule has 3 rings (SSSR count). The fourth-order valence-electron chi connectivity index (χ4n) is 3.06. The third-order valence-corrected chi connectivity index (χ3v) is 4.67. The van der Waals surface area contributed by atoms with Crippen LogP contribution in [0.2, 0.25) is 0 Å². The van der Waals surface area contributed by atoms with E-state index in [9.17, 15) is 0 Å². The minimum atomic E-state index is 0.0633. The van der Waals surface area contributed by atoms with Gasteiger partial charge < -0.3 is 4.98 Å². The van der Waals surface area contributed by atoms with Gasteiger partial charge in [-0.05, 0) is 23.8 Å². The lowest BCUT2D eigenvalue weighted by molar-refractivity contribution is 0.632. The summed E-state index contributed by atoms with van der Waals surface area (Å²) in [4.78, 5) is 3.56. The van der Waals surface area contributed by atoms with Crippen molar-refractivity contribution in [3.8, 4) is 0 Å². The van der Waals surface area contributed by atoms with Crippen LogP contribution in [-0.2, 0) is 5.41 Å². The van der Waals surface area contributed by atoms with Crippen LogP contribution in [-0.4, -0.2) is 4.98 Å². The highest BCUT2D eigenvalue weighted by molar-refractivity contribution is 9.10. The molecule has 1 atom stereocenters. The van der Waals surface area contributed by atoms with Gasteiger partial charge in [-0.25, -0.2) is 0 Å². The van der Waals surface area contributed by atoms with Crippen molar-refractivity contribution in [1.29, 1.82) is 0 Å². The Balaban J connectivity index is 2.42. The maximum Gasteiger partial charge on any atom is 0.0460 e. The predicted octanol–water partition coefficient (Wildman–Crippen LogP) is 4.88. The Labute approximate surface area is 110 Å². The molecule has 1 aromatic heterocycles. The molecule has 1 aliphatic carbocycles. The summed E-state index contributed by atoms with van der Waals surface area (Å²) in [6, 6.07) is 6.43. The first kappa shape index (κ1) is 11.1. The second-order valence-electron chi connectivity index (χ2n) is 5.48. The Morgan fingerprint density at radius 2 is 2.06 bits per heavy atom. The predicted molar refractivity (Wildman–Crippen MR) is 76.6 cm³/mol. The van der Waals surface area contributed by atoms with Crippen molar-refractivity contribution in [2.45, 2.75) is 32.1 Å². The first-order valence-corrected chi connectivity index (χ1v) is 6.73. The van der Waals surface area contributed by atoms with Crippen LogP contribution in [0.5, 0.6) is 0 Å². The molecular formula is C15H16BrN. The molecule has 1 aromatic carbocycles. The van der Waals surface area contributed by atoms with E-state index in [4.69, 9.17) is 0 Å². The number of nitrogens with one attached hydrogen (secondary N) is 1. The summed E-state index contributed by atoms with van der Waals surface area (Å²) in [7, 11) is 0. The Kier molecular flexibility index (Phi) is 2.13. The van der Waals surface area contributed by atoms with Crippen molar-refractivity contribution >= 4 is 26.8 Å². The molecule has 0 spiro atoms. The third kappa shape index (κ3) is 1.30. The molecule has 1 heterocycles. The Bertz CT molecular complexity index is 634. The van der Waals surface area contributed by atoms with Crippen LogP contribution < -0.4 is 0 Å². The average molecular weight is 290 g/mol. The van der Waals surface area contributed by atoms with Crippen LogP contribution in [0.4, 0.5) is 0 Å². The minimum absolute atomic E-state index is 0.0633. The molecule has 2 heteroatoms. The zero-order chi connectivity index (χ0) is 12.4. The smallest absolute Gasteiger partial charge is 0.0460 e. The van der Waals surface area contributed by atoms with Gasteiger partial charge in [-0.2, -0.15) is 0 Å². The number of fused-ring (bicyclic) bond motifs is 3. The third-order valence-electron chi connectivity index (χ3n) is 4.17. The first-order valence-electron chi connectivity index (χ1n) is 5.94. The SMILES string of the molecule is C=C1C(C)c2[nH]c3ccc(Br)cc3c2C1(C)C. The van der Waals surface area contributed by atoms with Crippen LogP contribution in [0.3, 0.4) is 0 Å². The van der Waals surface area contributed by atoms with Gasteiger partial charge in [-0.1, -0.05) is 48.9 Å². The van der Waals surface area contributed by atoms with Crippen molar-refractivity contribution in [1.82, 2.24) is 4.98 Å². The minimum Gasteiger partial charge on any atom is -0.358 e. The molecule has 1 N–H and O–H groups in total. The highest BCUT2D eigenvalue weighted by Gasteiger charge is 2.41. The van der Waals surface area contributed by atoms with E-state index in [2.05, 4.69) is 66.5 Å². The molecule has 0 saturated heterocycles. The van der Waals surface area contributed by atoms with Crippen LogP contribution >= 0.6 is 15.9 Å². The molecule has 0 radical (unpaired) electrons. The molecule has 88 valence electrons. The van der Waals surface area contributed by atoms with Crippen LogP contribution in [0, 0.1) is 0 Å². The highest BCUT2D eigenvalue weighted by atomic mass is 79.9. The molecule has 1 aliphatic rings. The summed E-state index contributed by atoms with van der Waals surface area (Å²) < 4.78 is 1.13. The van der Waals surface area contributed by atoms with E-state index in [-0.39, 0.29) is 5.41 Å². The summed E-state index contributed by atoms with van der Waals surface area (Å²) >= 11 is 3.56. The summed E-state index contributed by atoms with van der Waals surface area (Å²) in [5.41, 5.74) is 5.36. The van der Waals surface area contributed by atoms with Gasteiger partial charge in [-0.3, -0.25) is 0 Å². The van der Waals surface area contributed by atoms with Gasteiger partial charge in [-0.15, -0.1) is 0 Å². The molecule has 17 heavy (non-hydrogen) atoms. The van der Waals surface area contributed by atoms with Gasteiger partial charge in [0.1, 0.15) is 0 Å². The largest absolute Gasteiger partial charge is 0.358 e. The van der Waals surface area contributed by atoms with Gasteiger partial charge in [0, 0.05) is 32.4 Å². The lowest BCUT2D eigenvalue weighted by Crippen LogP contribution is -2.15. The Morgan fingerprint density at radius 1 is 1.35 bits per heavy atom. The molecule has 1 unspecified atom stereocenters. The number of benzene rings is 1. The Morgan fingerprint density at radius 3 is 2.76 bits per heavy atom. The summed E-state index contributed by atoms with van der Waals surface area (Å²) in [6.45, 7) is 11.0. The van der Waals surface area contributed by atoms with Crippen molar-refractivity contribution in [2.75, 3.05) is 0 Å². The molecule has 0 bridgehead atoms. The van der Waals surface area contributed by atoms with Crippen molar-refractivity contribution < 1.29 is 0 Å². The van der Waals surface area contributed by atoms with Crippen molar-refractivity contribution in [3.63, 3.8) is 0 Å². The average Bonchev–Trinajstić information content (AvgIpc) is 2.71. The van der Waals surface area contributed by atoms with Crippen LogP contribution in [0.25, 0.3) is 10.9 Å².